The predicted molar refractivity (Wildman–Crippen MR) is 118 cm³/mol. The molecule has 0 unspecified atom stereocenters. The minimum Gasteiger partial charge on any atom is -0.497 e. The Hall–Kier alpha value is -4.35. The van der Waals surface area contributed by atoms with Gasteiger partial charge in [0.2, 0.25) is 0 Å². The molecule has 1 aromatic heterocycles. The summed E-state index contributed by atoms with van der Waals surface area (Å²) in [4.78, 5) is 44.1. The monoisotopic (exact) mass is 466 g/mol. The summed E-state index contributed by atoms with van der Waals surface area (Å²) in [6, 6.07) is 13.4. The largest absolute Gasteiger partial charge is 0.497 e. The third-order valence-corrected chi connectivity index (χ3v) is 4.72. The molecule has 11 heteroatoms. The van der Waals surface area contributed by atoms with Crippen LogP contribution in [0.2, 0.25) is 0 Å². The van der Waals surface area contributed by atoms with Gasteiger partial charge in [-0.15, -0.1) is 0 Å². The lowest BCUT2D eigenvalue weighted by atomic mass is 10.1. The highest BCUT2D eigenvalue weighted by Gasteiger charge is 2.30. The molecule has 0 bridgehead atoms. The van der Waals surface area contributed by atoms with E-state index in [4.69, 9.17) is 4.74 Å². The number of aliphatic hydroxyl groups is 2. The van der Waals surface area contributed by atoms with Gasteiger partial charge in [-0.2, -0.15) is 0 Å². The van der Waals surface area contributed by atoms with Gasteiger partial charge in [0.25, 0.3) is 17.7 Å². The van der Waals surface area contributed by atoms with Crippen molar-refractivity contribution in [2.75, 3.05) is 14.2 Å². The van der Waals surface area contributed by atoms with Crippen LogP contribution in [-0.2, 0) is 17.2 Å². The molecule has 0 saturated carbocycles. The first-order valence-corrected chi connectivity index (χ1v) is 9.93. The van der Waals surface area contributed by atoms with Crippen LogP contribution in [0.4, 0.5) is 0 Å². The Morgan fingerprint density at radius 3 is 2.26 bits per heavy atom. The number of rotatable bonds is 8. The Balaban J connectivity index is 1.65. The van der Waals surface area contributed by atoms with Gasteiger partial charge in [0.05, 0.1) is 19.8 Å². The molecule has 1 heterocycles. The number of carbonyl (C=O) groups excluding carboxylic acids is 3. The van der Waals surface area contributed by atoms with Crippen LogP contribution in [0, 0.1) is 0 Å². The van der Waals surface area contributed by atoms with E-state index in [2.05, 4.69) is 20.0 Å². The number of methoxy groups -OCH3 is 2. The van der Waals surface area contributed by atoms with Gasteiger partial charge >= 0.3 is 5.97 Å². The number of ether oxygens (including phenoxy) is 2. The van der Waals surface area contributed by atoms with Crippen molar-refractivity contribution in [3.8, 4) is 5.75 Å². The van der Waals surface area contributed by atoms with Crippen molar-refractivity contribution in [3.63, 3.8) is 0 Å². The normalized spacial score (nSPS) is 10.8. The fraction of sp³-hybridized carbons (Fsp3) is 0.174. The Morgan fingerprint density at radius 2 is 1.62 bits per heavy atom. The van der Waals surface area contributed by atoms with Crippen molar-refractivity contribution in [3.05, 3.63) is 89.0 Å². The summed E-state index contributed by atoms with van der Waals surface area (Å²) in [5.74, 6) is -4.35. The van der Waals surface area contributed by atoms with Gasteiger partial charge in [0.15, 0.2) is 0 Å². The highest BCUT2D eigenvalue weighted by Crippen LogP contribution is 2.21. The SMILES string of the molecule is COC(=O)c1ccc(CNC(=O)c2cc(C(=O)NC(O)(O)c3cccc(OC)c3)ncn2)cc1. The summed E-state index contributed by atoms with van der Waals surface area (Å²) < 4.78 is 9.67. The molecular formula is C23H22N4O7. The zero-order valence-corrected chi connectivity index (χ0v) is 18.3. The zero-order valence-electron chi connectivity index (χ0n) is 18.3. The Kier molecular flexibility index (Phi) is 7.51. The van der Waals surface area contributed by atoms with Gasteiger partial charge < -0.3 is 25.0 Å². The van der Waals surface area contributed by atoms with E-state index in [0.717, 1.165) is 18.0 Å². The van der Waals surface area contributed by atoms with Crippen LogP contribution >= 0.6 is 0 Å². The molecule has 0 spiro atoms. The highest BCUT2D eigenvalue weighted by atomic mass is 16.5. The van der Waals surface area contributed by atoms with Crippen molar-refractivity contribution in [2.45, 2.75) is 12.5 Å². The number of esters is 1. The summed E-state index contributed by atoms with van der Waals surface area (Å²) in [7, 11) is 2.70. The Morgan fingerprint density at radius 1 is 0.941 bits per heavy atom. The van der Waals surface area contributed by atoms with Crippen LogP contribution in [0.15, 0.2) is 60.9 Å². The van der Waals surface area contributed by atoms with Crippen LogP contribution < -0.4 is 15.4 Å². The minimum absolute atomic E-state index is 0.0366. The second-order valence-corrected chi connectivity index (χ2v) is 7.02. The van der Waals surface area contributed by atoms with Crippen LogP contribution in [0.1, 0.15) is 42.5 Å². The molecule has 4 N–H and O–H groups in total. The number of hydrogen-bond donors (Lipinski definition) is 4. The van der Waals surface area contributed by atoms with Crippen molar-refractivity contribution in [1.29, 1.82) is 0 Å². The number of carbonyl (C=O) groups is 3. The first kappa shape index (κ1) is 24.3. The van der Waals surface area contributed by atoms with Gasteiger partial charge in [-0.1, -0.05) is 24.3 Å². The molecule has 34 heavy (non-hydrogen) atoms. The molecular weight excluding hydrogens is 444 g/mol. The topological polar surface area (TPSA) is 160 Å². The summed E-state index contributed by atoms with van der Waals surface area (Å²) >= 11 is 0. The van der Waals surface area contributed by atoms with Crippen molar-refractivity contribution >= 4 is 17.8 Å². The van der Waals surface area contributed by atoms with Gasteiger partial charge in [0.1, 0.15) is 23.5 Å². The average Bonchev–Trinajstić information content (AvgIpc) is 2.87. The van der Waals surface area contributed by atoms with Crippen molar-refractivity contribution in [1.82, 2.24) is 20.6 Å². The molecule has 176 valence electrons. The van der Waals surface area contributed by atoms with Gasteiger partial charge in [0, 0.05) is 18.2 Å². The first-order chi connectivity index (χ1) is 16.2. The molecule has 0 saturated heterocycles. The molecule has 0 atom stereocenters. The van der Waals surface area contributed by atoms with E-state index in [0.29, 0.717) is 11.3 Å². The minimum atomic E-state index is -2.71. The Bertz CT molecular complexity index is 1200. The van der Waals surface area contributed by atoms with E-state index in [1.165, 1.54) is 32.4 Å². The van der Waals surface area contributed by atoms with Crippen LogP contribution in [0.25, 0.3) is 0 Å². The number of aromatic nitrogens is 2. The van der Waals surface area contributed by atoms with Crippen LogP contribution in [-0.4, -0.2) is 52.2 Å². The van der Waals surface area contributed by atoms with E-state index in [9.17, 15) is 24.6 Å². The van der Waals surface area contributed by atoms with E-state index in [1.54, 1.807) is 30.3 Å². The van der Waals surface area contributed by atoms with E-state index in [1.807, 2.05) is 5.32 Å². The smallest absolute Gasteiger partial charge is 0.337 e. The van der Waals surface area contributed by atoms with E-state index >= 15 is 0 Å². The lowest BCUT2D eigenvalue weighted by Gasteiger charge is -2.23. The van der Waals surface area contributed by atoms with E-state index < -0.39 is 23.7 Å². The third kappa shape index (κ3) is 5.91. The molecule has 0 aliphatic rings. The molecule has 3 aromatic rings. The maximum atomic E-state index is 12.5. The molecule has 0 radical (unpaired) electrons. The maximum Gasteiger partial charge on any atom is 0.337 e. The lowest BCUT2D eigenvalue weighted by molar-refractivity contribution is -0.185. The molecule has 11 nitrogen and oxygen atoms in total. The zero-order chi connectivity index (χ0) is 24.7. The molecule has 2 amide bonds. The second kappa shape index (κ2) is 10.5. The average molecular weight is 466 g/mol. The molecule has 3 rings (SSSR count). The number of nitrogens with zero attached hydrogens (tertiary/aromatic N) is 2. The summed E-state index contributed by atoms with van der Waals surface area (Å²) in [5, 5.41) is 25.3. The number of benzene rings is 2. The van der Waals surface area contributed by atoms with Gasteiger partial charge in [-0.25, -0.2) is 14.8 Å². The summed E-state index contributed by atoms with van der Waals surface area (Å²) in [5.41, 5.74) is 0.705. The standard InChI is InChI=1S/C23H22N4O7/c1-33-17-5-3-4-16(10-17)23(31,32)27-21(29)19-11-18(25-13-26-19)20(28)24-12-14-6-8-15(9-7-14)22(30)34-2/h3-11,13,31-32H,12H2,1-2H3,(H,24,28)(H,27,29). The van der Waals surface area contributed by atoms with Gasteiger partial charge in [-0.3, -0.25) is 14.9 Å². The molecule has 0 fully saturated rings. The first-order valence-electron chi connectivity index (χ1n) is 9.93. The number of amides is 2. The van der Waals surface area contributed by atoms with Crippen LogP contribution in [0.3, 0.4) is 0 Å². The summed E-state index contributed by atoms with van der Waals surface area (Å²) in [6.45, 7) is 0.137. The molecule has 0 aliphatic heterocycles. The number of nitrogens with one attached hydrogen (secondary N) is 2. The maximum absolute atomic E-state index is 12.5. The fourth-order valence-electron chi connectivity index (χ4n) is 2.89. The van der Waals surface area contributed by atoms with E-state index in [-0.39, 0.29) is 23.5 Å². The Labute approximate surface area is 194 Å². The van der Waals surface area contributed by atoms with Crippen molar-refractivity contribution < 1.29 is 34.1 Å². The predicted octanol–water partition coefficient (Wildman–Crippen LogP) is 0.727. The van der Waals surface area contributed by atoms with Crippen molar-refractivity contribution in [2.24, 2.45) is 0 Å². The fourth-order valence-corrected chi connectivity index (χ4v) is 2.89. The summed E-state index contributed by atoms with van der Waals surface area (Å²) in [6.07, 6.45) is 1.01. The molecule has 2 aromatic carbocycles. The lowest BCUT2D eigenvalue weighted by Crippen LogP contribution is -2.46. The quantitative estimate of drug-likeness (QED) is 0.277. The highest BCUT2D eigenvalue weighted by molar-refractivity contribution is 5.97. The second-order valence-electron chi connectivity index (χ2n) is 7.02. The van der Waals surface area contributed by atoms with Crippen LogP contribution in [0.5, 0.6) is 5.75 Å². The van der Waals surface area contributed by atoms with Gasteiger partial charge in [-0.05, 0) is 29.8 Å². The number of hydrogen-bond acceptors (Lipinski definition) is 9. The third-order valence-electron chi connectivity index (χ3n) is 4.72. The molecule has 0 aliphatic carbocycles.